The lowest BCUT2D eigenvalue weighted by Gasteiger charge is -2.36. The molecule has 2 bridgehead atoms. The van der Waals surface area contributed by atoms with E-state index in [0.29, 0.717) is 0 Å². The van der Waals surface area contributed by atoms with Crippen LogP contribution in [0, 0.1) is 16.7 Å². The molecule has 1 spiro atoms. The highest BCUT2D eigenvalue weighted by Crippen LogP contribution is 2.73. The molecule has 0 aromatic rings. The van der Waals surface area contributed by atoms with Gasteiger partial charge in [-0.15, -0.1) is 0 Å². The van der Waals surface area contributed by atoms with Crippen LogP contribution in [0.3, 0.4) is 0 Å². The highest BCUT2D eigenvalue weighted by molar-refractivity contribution is 7.89. The zero-order chi connectivity index (χ0) is 12.0. The molecule has 16 heavy (non-hydrogen) atoms. The summed E-state index contributed by atoms with van der Waals surface area (Å²) in [5.41, 5.74) is -0.391. The molecule has 2 saturated carbocycles. The molecule has 0 amide bonds. The molecule has 0 radical (unpaired) electrons. The second kappa shape index (κ2) is 2.73. The van der Waals surface area contributed by atoms with Gasteiger partial charge in [-0.3, -0.25) is 0 Å². The molecule has 1 saturated heterocycles. The summed E-state index contributed by atoms with van der Waals surface area (Å²) in [5.74, 6) is 0.353. The summed E-state index contributed by atoms with van der Waals surface area (Å²) in [6, 6.07) is -0.318. The number of alkyl halides is 2. The maximum Gasteiger partial charge on any atom is 0.212 e. The number of hydrogen-bond donors (Lipinski definition) is 1. The third kappa shape index (κ3) is 1.03. The summed E-state index contributed by atoms with van der Waals surface area (Å²) < 4.78 is 25.3. The van der Waals surface area contributed by atoms with Gasteiger partial charge in [0.2, 0.25) is 10.0 Å². The van der Waals surface area contributed by atoms with Crippen LogP contribution >= 0.6 is 23.2 Å². The van der Waals surface area contributed by atoms with Gasteiger partial charge in [0.1, 0.15) is 4.33 Å². The van der Waals surface area contributed by atoms with Crippen molar-refractivity contribution in [1.82, 2.24) is 4.72 Å². The minimum absolute atomic E-state index is 0.113. The molecule has 3 rings (SSSR count). The van der Waals surface area contributed by atoms with Gasteiger partial charge in [-0.25, -0.2) is 13.1 Å². The highest BCUT2D eigenvalue weighted by Gasteiger charge is 2.77. The zero-order valence-corrected chi connectivity index (χ0v) is 11.6. The van der Waals surface area contributed by atoms with Crippen molar-refractivity contribution in [3.63, 3.8) is 0 Å². The van der Waals surface area contributed by atoms with Gasteiger partial charge in [-0.1, -0.05) is 37.0 Å². The molecule has 1 aliphatic heterocycles. The number of halogens is 2. The van der Waals surface area contributed by atoms with Crippen molar-refractivity contribution < 1.29 is 8.42 Å². The molecular weight excluding hydrogens is 269 g/mol. The molecule has 2 aliphatic carbocycles. The van der Waals surface area contributed by atoms with Gasteiger partial charge in [-0.05, 0) is 24.2 Å². The number of rotatable bonds is 0. The Morgan fingerprint density at radius 3 is 2.50 bits per heavy atom. The van der Waals surface area contributed by atoms with Gasteiger partial charge in [0.25, 0.3) is 0 Å². The van der Waals surface area contributed by atoms with Gasteiger partial charge < -0.3 is 0 Å². The maximum absolute atomic E-state index is 11.8. The van der Waals surface area contributed by atoms with Crippen LogP contribution in [0.4, 0.5) is 0 Å². The molecule has 3 nitrogen and oxygen atoms in total. The minimum atomic E-state index is -3.21. The van der Waals surface area contributed by atoms with Crippen molar-refractivity contribution in [1.29, 1.82) is 0 Å². The SMILES string of the molecule is CC1(C)[C@H]2CCC13CS(=O)(=O)N[C@H]3C2(Cl)Cl. The monoisotopic (exact) mass is 283 g/mol. The molecule has 3 fully saturated rings. The second-order valence-electron chi connectivity index (χ2n) is 5.95. The summed E-state index contributed by atoms with van der Waals surface area (Å²) in [6.45, 7) is 4.21. The van der Waals surface area contributed by atoms with Crippen LogP contribution in [0.25, 0.3) is 0 Å². The predicted octanol–water partition coefficient (Wildman–Crippen LogP) is 1.90. The lowest BCUT2D eigenvalue weighted by molar-refractivity contribution is 0.146. The number of nitrogens with one attached hydrogen (secondary N) is 1. The van der Waals surface area contributed by atoms with Crippen molar-refractivity contribution in [2.75, 3.05) is 5.75 Å². The Kier molecular flexibility index (Phi) is 1.98. The second-order valence-corrected chi connectivity index (χ2v) is 9.15. The van der Waals surface area contributed by atoms with E-state index in [1.165, 1.54) is 0 Å². The molecule has 0 aromatic carbocycles. The largest absolute Gasteiger partial charge is 0.212 e. The molecule has 0 aromatic heterocycles. The summed E-state index contributed by atoms with van der Waals surface area (Å²) >= 11 is 12.8. The minimum Gasteiger partial charge on any atom is -0.212 e. The van der Waals surface area contributed by atoms with Crippen LogP contribution in [0.15, 0.2) is 0 Å². The van der Waals surface area contributed by atoms with Crippen LogP contribution in [0.5, 0.6) is 0 Å². The van der Waals surface area contributed by atoms with Gasteiger partial charge in [0.15, 0.2) is 0 Å². The molecule has 3 atom stereocenters. The van der Waals surface area contributed by atoms with E-state index in [1.807, 2.05) is 0 Å². The summed E-state index contributed by atoms with van der Waals surface area (Å²) in [7, 11) is -3.21. The van der Waals surface area contributed by atoms with E-state index >= 15 is 0 Å². The van der Waals surface area contributed by atoms with Crippen LogP contribution in [-0.4, -0.2) is 24.5 Å². The third-order valence-electron chi connectivity index (χ3n) is 5.18. The Balaban J connectivity index is 2.21. The van der Waals surface area contributed by atoms with Crippen LogP contribution < -0.4 is 4.72 Å². The fourth-order valence-corrected chi connectivity index (χ4v) is 7.92. The standard InChI is InChI=1S/C10H15Cl2NO2S/c1-8(2)6-3-4-9(8)5-16(14,15)13-7(9)10(6,11)12/h6-7,13H,3-5H2,1-2H3/t6-,7-,9?/m1/s1. The van der Waals surface area contributed by atoms with Crippen molar-refractivity contribution in [2.24, 2.45) is 16.7 Å². The molecule has 6 heteroatoms. The lowest BCUT2D eigenvalue weighted by Crippen LogP contribution is -2.48. The Morgan fingerprint density at radius 2 is 1.94 bits per heavy atom. The number of sulfonamides is 1. The van der Waals surface area contributed by atoms with Crippen LogP contribution in [0.1, 0.15) is 26.7 Å². The first-order valence-corrected chi connectivity index (χ1v) is 7.92. The first kappa shape index (κ1) is 11.6. The number of fused-ring (bicyclic) bond motifs is 1. The first-order chi connectivity index (χ1) is 7.14. The van der Waals surface area contributed by atoms with Gasteiger partial charge in [-0.2, -0.15) is 0 Å². The van der Waals surface area contributed by atoms with Crippen LogP contribution in [0.2, 0.25) is 0 Å². The highest BCUT2D eigenvalue weighted by atomic mass is 35.5. The molecule has 3 aliphatic rings. The lowest BCUT2D eigenvalue weighted by atomic mass is 9.69. The fraction of sp³-hybridized carbons (Fsp3) is 1.00. The molecular formula is C10H15Cl2NO2S. The quantitative estimate of drug-likeness (QED) is 0.691. The Morgan fingerprint density at radius 1 is 1.31 bits per heavy atom. The number of hydrogen-bond acceptors (Lipinski definition) is 2. The van der Waals surface area contributed by atoms with E-state index in [-0.39, 0.29) is 28.5 Å². The maximum atomic E-state index is 11.8. The summed E-state index contributed by atoms with van der Waals surface area (Å²) in [6.07, 6.45) is 1.83. The van der Waals surface area contributed by atoms with Crippen molar-refractivity contribution in [3.05, 3.63) is 0 Å². The molecule has 1 unspecified atom stereocenters. The van der Waals surface area contributed by atoms with E-state index in [4.69, 9.17) is 23.2 Å². The summed E-state index contributed by atoms with van der Waals surface area (Å²) in [4.78, 5) is 0. The normalized spacial score (nSPS) is 50.5. The molecule has 1 heterocycles. The van der Waals surface area contributed by atoms with Crippen molar-refractivity contribution in [3.8, 4) is 0 Å². The van der Waals surface area contributed by atoms with Gasteiger partial charge in [0, 0.05) is 5.41 Å². The average molecular weight is 284 g/mol. The fourth-order valence-electron chi connectivity index (χ4n) is 4.28. The first-order valence-electron chi connectivity index (χ1n) is 5.51. The van der Waals surface area contributed by atoms with Crippen LogP contribution in [-0.2, 0) is 10.0 Å². The Bertz CT molecular complexity index is 459. The van der Waals surface area contributed by atoms with Gasteiger partial charge >= 0.3 is 0 Å². The van der Waals surface area contributed by atoms with Crippen molar-refractivity contribution >= 4 is 33.2 Å². The predicted molar refractivity (Wildman–Crippen MR) is 64.1 cm³/mol. The summed E-state index contributed by atoms with van der Waals surface area (Å²) in [5, 5.41) is 0. The molecule has 1 N–H and O–H groups in total. The Labute approximate surface area is 106 Å². The zero-order valence-electron chi connectivity index (χ0n) is 9.26. The van der Waals surface area contributed by atoms with E-state index in [9.17, 15) is 8.42 Å². The average Bonchev–Trinajstić information content (AvgIpc) is 2.53. The Hall–Kier alpha value is 0.490. The van der Waals surface area contributed by atoms with E-state index in [0.717, 1.165) is 12.8 Å². The van der Waals surface area contributed by atoms with E-state index < -0.39 is 14.4 Å². The smallest absolute Gasteiger partial charge is 0.212 e. The molecule has 92 valence electrons. The van der Waals surface area contributed by atoms with Crippen molar-refractivity contribution in [2.45, 2.75) is 37.1 Å². The van der Waals surface area contributed by atoms with Gasteiger partial charge in [0.05, 0.1) is 11.8 Å². The van der Waals surface area contributed by atoms with E-state index in [2.05, 4.69) is 18.6 Å². The third-order valence-corrected chi connectivity index (χ3v) is 7.63. The van der Waals surface area contributed by atoms with E-state index in [1.54, 1.807) is 0 Å². The topological polar surface area (TPSA) is 46.2 Å².